The molecule has 0 heterocycles. The summed E-state index contributed by atoms with van der Waals surface area (Å²) in [5, 5.41) is 0. The molecule has 0 bridgehead atoms. The van der Waals surface area contributed by atoms with E-state index < -0.39 is 11.9 Å². The van der Waals surface area contributed by atoms with Crippen LogP contribution in [0.15, 0.2) is 54.6 Å². The fraction of sp³-hybridized carbons (Fsp3) is 0.222. The van der Waals surface area contributed by atoms with Crippen molar-refractivity contribution in [2.45, 2.75) is 6.42 Å². The van der Waals surface area contributed by atoms with Gasteiger partial charge in [-0.3, -0.25) is 9.59 Å². The Morgan fingerprint density at radius 1 is 0.955 bits per heavy atom. The minimum atomic E-state index is -0.846. The van der Waals surface area contributed by atoms with Crippen molar-refractivity contribution >= 4 is 11.8 Å². The second-order valence-corrected chi connectivity index (χ2v) is 4.86. The summed E-state index contributed by atoms with van der Waals surface area (Å²) in [5.41, 5.74) is 1.38. The van der Waals surface area contributed by atoms with Crippen LogP contribution in [0.1, 0.15) is 15.9 Å². The maximum Gasteiger partial charge on any atom is 0.316 e. The molecule has 22 heavy (non-hydrogen) atoms. The monoisotopic (exact) mass is 298 g/mol. The average molecular weight is 298 g/mol. The molecule has 0 aliphatic rings. The maximum absolute atomic E-state index is 12.6. The van der Waals surface area contributed by atoms with Crippen molar-refractivity contribution < 1.29 is 19.1 Å². The van der Waals surface area contributed by atoms with Crippen molar-refractivity contribution in [1.82, 2.24) is 0 Å². The van der Waals surface area contributed by atoms with E-state index in [1.807, 2.05) is 30.3 Å². The van der Waals surface area contributed by atoms with Crippen molar-refractivity contribution in [1.29, 1.82) is 0 Å². The summed E-state index contributed by atoms with van der Waals surface area (Å²) >= 11 is 0. The number of rotatable bonds is 6. The van der Waals surface area contributed by atoms with E-state index in [0.717, 1.165) is 5.56 Å². The van der Waals surface area contributed by atoms with Crippen LogP contribution in [0.2, 0.25) is 0 Å². The minimum Gasteiger partial charge on any atom is -0.497 e. The number of ether oxygens (including phenoxy) is 2. The highest BCUT2D eigenvalue weighted by Gasteiger charge is 2.28. The van der Waals surface area contributed by atoms with Gasteiger partial charge in [0, 0.05) is 5.56 Å². The fourth-order valence-electron chi connectivity index (χ4n) is 2.23. The second kappa shape index (κ2) is 7.41. The maximum atomic E-state index is 12.6. The van der Waals surface area contributed by atoms with Crippen LogP contribution in [0.3, 0.4) is 0 Å². The Morgan fingerprint density at radius 3 is 2.14 bits per heavy atom. The second-order valence-electron chi connectivity index (χ2n) is 4.86. The summed E-state index contributed by atoms with van der Waals surface area (Å²) in [6.45, 7) is 0. The summed E-state index contributed by atoms with van der Waals surface area (Å²) in [6.07, 6.45) is 0.318. The fourth-order valence-corrected chi connectivity index (χ4v) is 2.23. The summed E-state index contributed by atoms with van der Waals surface area (Å²) in [7, 11) is 2.85. The van der Waals surface area contributed by atoms with Crippen LogP contribution in [0.5, 0.6) is 5.75 Å². The molecule has 1 atom stereocenters. The summed E-state index contributed by atoms with van der Waals surface area (Å²) in [5.74, 6) is -0.960. The molecule has 4 nitrogen and oxygen atoms in total. The van der Waals surface area contributed by atoms with Crippen LogP contribution < -0.4 is 4.74 Å². The molecule has 0 unspecified atom stereocenters. The predicted octanol–water partition coefficient (Wildman–Crippen LogP) is 2.91. The molecule has 2 aromatic rings. The molecule has 0 saturated heterocycles. The molecule has 0 N–H and O–H groups in total. The minimum absolute atomic E-state index is 0.252. The molecule has 0 aliphatic carbocycles. The lowest BCUT2D eigenvalue weighted by Crippen LogP contribution is -2.27. The Kier molecular flexibility index (Phi) is 5.31. The number of hydrogen-bond acceptors (Lipinski definition) is 4. The topological polar surface area (TPSA) is 52.6 Å². The summed E-state index contributed by atoms with van der Waals surface area (Å²) < 4.78 is 9.86. The molecular formula is C18H18O4. The highest BCUT2D eigenvalue weighted by atomic mass is 16.5. The third kappa shape index (κ3) is 3.73. The molecule has 2 rings (SSSR count). The van der Waals surface area contributed by atoms with Gasteiger partial charge in [0.15, 0.2) is 5.78 Å². The number of methoxy groups -OCH3 is 2. The molecule has 114 valence electrons. The van der Waals surface area contributed by atoms with Gasteiger partial charge in [0.2, 0.25) is 0 Å². The van der Waals surface area contributed by atoms with Gasteiger partial charge in [0.1, 0.15) is 11.7 Å². The van der Waals surface area contributed by atoms with Gasteiger partial charge in [-0.25, -0.2) is 0 Å². The van der Waals surface area contributed by atoms with Crippen molar-refractivity contribution in [3.63, 3.8) is 0 Å². The van der Waals surface area contributed by atoms with Gasteiger partial charge in [-0.1, -0.05) is 30.3 Å². The lowest BCUT2D eigenvalue weighted by molar-refractivity contribution is -0.143. The Labute approximate surface area is 129 Å². The third-order valence-corrected chi connectivity index (χ3v) is 3.46. The SMILES string of the molecule is COC(=O)[C@H](Cc1ccccc1)C(=O)c1ccc(OC)cc1. The number of carbonyl (C=O) groups excluding carboxylic acids is 2. The van der Waals surface area contributed by atoms with Crippen LogP contribution >= 0.6 is 0 Å². The summed E-state index contributed by atoms with van der Waals surface area (Å²) in [6, 6.07) is 16.1. The van der Waals surface area contributed by atoms with Crippen molar-refractivity contribution in [3.05, 3.63) is 65.7 Å². The Morgan fingerprint density at radius 2 is 1.59 bits per heavy atom. The smallest absolute Gasteiger partial charge is 0.316 e. The van der Waals surface area contributed by atoms with Crippen molar-refractivity contribution in [2.75, 3.05) is 14.2 Å². The zero-order chi connectivity index (χ0) is 15.9. The lowest BCUT2D eigenvalue weighted by Gasteiger charge is -2.14. The number of carbonyl (C=O) groups is 2. The van der Waals surface area contributed by atoms with Gasteiger partial charge in [-0.2, -0.15) is 0 Å². The first kappa shape index (κ1) is 15.8. The van der Waals surface area contributed by atoms with Gasteiger partial charge in [-0.05, 0) is 36.2 Å². The Balaban J connectivity index is 2.24. The molecule has 0 radical (unpaired) electrons. The molecule has 0 aliphatic heterocycles. The number of ketones is 1. The van der Waals surface area contributed by atoms with Crippen LogP contribution in [-0.2, 0) is 16.0 Å². The van der Waals surface area contributed by atoms with Crippen molar-refractivity contribution in [3.8, 4) is 5.75 Å². The molecule has 0 saturated carbocycles. The lowest BCUT2D eigenvalue weighted by atomic mass is 9.91. The van der Waals surface area contributed by atoms with E-state index in [1.165, 1.54) is 7.11 Å². The normalized spacial score (nSPS) is 11.5. The first-order valence-corrected chi connectivity index (χ1v) is 6.95. The number of hydrogen-bond donors (Lipinski definition) is 0. The van der Waals surface area contributed by atoms with E-state index in [4.69, 9.17) is 9.47 Å². The number of esters is 1. The third-order valence-electron chi connectivity index (χ3n) is 3.46. The zero-order valence-corrected chi connectivity index (χ0v) is 12.6. The molecule has 0 amide bonds. The predicted molar refractivity (Wildman–Crippen MR) is 83.0 cm³/mol. The standard InChI is InChI=1S/C18H18O4/c1-21-15-10-8-14(9-11-15)17(19)16(18(20)22-2)12-13-6-4-3-5-7-13/h3-11,16H,12H2,1-2H3/t16-/m1/s1. The van der Waals surface area contributed by atoms with Gasteiger partial charge >= 0.3 is 5.97 Å². The Bertz CT molecular complexity index is 632. The molecule has 0 fully saturated rings. The van der Waals surface area contributed by atoms with Crippen molar-refractivity contribution in [2.24, 2.45) is 5.92 Å². The van der Waals surface area contributed by atoms with Gasteiger partial charge in [0.05, 0.1) is 14.2 Å². The molecule has 0 aromatic heterocycles. The largest absolute Gasteiger partial charge is 0.497 e. The van der Waals surface area contributed by atoms with Crippen LogP contribution in [0, 0.1) is 5.92 Å². The van der Waals surface area contributed by atoms with Crippen LogP contribution in [0.4, 0.5) is 0 Å². The zero-order valence-electron chi connectivity index (χ0n) is 12.6. The first-order valence-electron chi connectivity index (χ1n) is 6.95. The van der Waals surface area contributed by atoms with Gasteiger partial charge in [0.25, 0.3) is 0 Å². The van der Waals surface area contributed by atoms with E-state index in [0.29, 0.717) is 17.7 Å². The quantitative estimate of drug-likeness (QED) is 0.467. The summed E-state index contributed by atoms with van der Waals surface area (Å²) in [4.78, 5) is 24.6. The van der Waals surface area contributed by atoms with E-state index in [2.05, 4.69) is 0 Å². The van der Waals surface area contributed by atoms with E-state index >= 15 is 0 Å². The van der Waals surface area contributed by atoms with Crippen LogP contribution in [-0.4, -0.2) is 26.0 Å². The number of Topliss-reactive ketones (excluding diaryl/α,β-unsaturated/α-hetero) is 1. The molecular weight excluding hydrogens is 280 g/mol. The van der Waals surface area contributed by atoms with E-state index in [-0.39, 0.29) is 5.78 Å². The first-order chi connectivity index (χ1) is 10.7. The van der Waals surface area contributed by atoms with E-state index in [1.54, 1.807) is 31.4 Å². The molecule has 2 aromatic carbocycles. The van der Waals surface area contributed by atoms with Crippen LogP contribution in [0.25, 0.3) is 0 Å². The highest BCUT2D eigenvalue weighted by molar-refractivity contribution is 6.08. The highest BCUT2D eigenvalue weighted by Crippen LogP contribution is 2.19. The molecule has 0 spiro atoms. The average Bonchev–Trinajstić information content (AvgIpc) is 2.59. The Hall–Kier alpha value is -2.62. The number of benzene rings is 2. The van der Waals surface area contributed by atoms with Gasteiger partial charge in [-0.15, -0.1) is 0 Å². The van der Waals surface area contributed by atoms with E-state index in [9.17, 15) is 9.59 Å². The molecule has 4 heteroatoms. The van der Waals surface area contributed by atoms with Gasteiger partial charge < -0.3 is 9.47 Å².